The van der Waals surface area contributed by atoms with Gasteiger partial charge in [0.15, 0.2) is 12.2 Å². The number of nitrogens with one attached hydrogen (secondary N) is 1. The highest BCUT2D eigenvalue weighted by Crippen LogP contribution is 2.23. The first-order chi connectivity index (χ1) is 7.81. The molecule has 3 nitrogen and oxygen atoms in total. The van der Waals surface area contributed by atoms with E-state index in [2.05, 4.69) is 35.4 Å². The zero-order chi connectivity index (χ0) is 11.4. The predicted molar refractivity (Wildman–Crippen MR) is 64.2 cm³/mol. The van der Waals surface area contributed by atoms with Gasteiger partial charge in [-0.3, -0.25) is 0 Å². The molecule has 0 fully saturated rings. The molecule has 0 saturated carbocycles. The van der Waals surface area contributed by atoms with Gasteiger partial charge < -0.3 is 9.73 Å². The fourth-order valence-corrected chi connectivity index (χ4v) is 1.72. The monoisotopic (exact) mass is 216 g/mol. The molecule has 16 heavy (non-hydrogen) atoms. The van der Waals surface area contributed by atoms with E-state index < -0.39 is 0 Å². The molecule has 2 rings (SSSR count). The minimum Gasteiger partial charge on any atom is -0.444 e. The maximum atomic E-state index is 5.34. The molecule has 1 aromatic carbocycles. The van der Waals surface area contributed by atoms with Crippen molar-refractivity contribution < 1.29 is 4.42 Å². The van der Waals surface area contributed by atoms with Crippen LogP contribution >= 0.6 is 0 Å². The van der Waals surface area contributed by atoms with E-state index in [0.29, 0.717) is 6.04 Å². The highest BCUT2D eigenvalue weighted by molar-refractivity contribution is 5.61. The average molecular weight is 216 g/mol. The second-order valence-electron chi connectivity index (χ2n) is 3.92. The Labute approximate surface area is 95.5 Å². The Hall–Kier alpha value is -1.61. The lowest BCUT2D eigenvalue weighted by Gasteiger charge is -2.12. The molecule has 3 heteroatoms. The zero-order valence-electron chi connectivity index (χ0n) is 9.60. The quantitative estimate of drug-likeness (QED) is 0.853. The maximum absolute atomic E-state index is 5.34. The van der Waals surface area contributed by atoms with Crippen LogP contribution in [0.1, 0.15) is 12.5 Å². The summed E-state index contributed by atoms with van der Waals surface area (Å²) in [5, 5.41) is 3.24. The fraction of sp³-hybridized carbons (Fsp3) is 0.308. The molecule has 0 amide bonds. The number of hydrogen-bond acceptors (Lipinski definition) is 3. The van der Waals surface area contributed by atoms with Crippen LogP contribution in [0.5, 0.6) is 0 Å². The lowest BCUT2D eigenvalue weighted by molar-refractivity contribution is 0.568. The highest BCUT2D eigenvalue weighted by Gasteiger charge is 2.09. The van der Waals surface area contributed by atoms with Crippen molar-refractivity contribution in [2.24, 2.45) is 0 Å². The van der Waals surface area contributed by atoms with Crippen molar-refractivity contribution in [2.45, 2.75) is 19.4 Å². The van der Waals surface area contributed by atoms with Crippen molar-refractivity contribution in [2.75, 3.05) is 7.05 Å². The summed E-state index contributed by atoms with van der Waals surface area (Å²) in [5.41, 5.74) is 2.41. The Balaban J connectivity index is 2.31. The summed E-state index contributed by atoms with van der Waals surface area (Å²) in [6.45, 7) is 2.16. The van der Waals surface area contributed by atoms with Crippen LogP contribution < -0.4 is 5.32 Å². The lowest BCUT2D eigenvalue weighted by Crippen LogP contribution is -2.23. The Bertz CT molecular complexity index is 437. The van der Waals surface area contributed by atoms with Crippen LogP contribution in [0.15, 0.2) is 41.3 Å². The van der Waals surface area contributed by atoms with Gasteiger partial charge in [0.1, 0.15) is 0 Å². The number of likely N-dealkylation sites (N-methyl/N-ethyl adjacent to an activating group) is 1. The molecular formula is C13H16N2O. The third kappa shape index (κ3) is 2.31. The Morgan fingerprint density at radius 2 is 2.19 bits per heavy atom. The SMILES string of the molecule is CNC(C)Cc1ccccc1-c1cnco1. The predicted octanol–water partition coefficient (Wildman–Crippen LogP) is 2.49. The first-order valence-electron chi connectivity index (χ1n) is 5.45. The summed E-state index contributed by atoms with van der Waals surface area (Å²) in [7, 11) is 1.97. The number of nitrogens with zero attached hydrogens (tertiary/aromatic N) is 1. The van der Waals surface area contributed by atoms with Crippen molar-refractivity contribution in [1.29, 1.82) is 0 Å². The van der Waals surface area contributed by atoms with E-state index in [9.17, 15) is 0 Å². The average Bonchev–Trinajstić information content (AvgIpc) is 2.83. The molecule has 0 radical (unpaired) electrons. The summed E-state index contributed by atoms with van der Waals surface area (Å²) in [5.74, 6) is 0.832. The van der Waals surface area contributed by atoms with Gasteiger partial charge in [0.2, 0.25) is 0 Å². The standard InChI is InChI=1S/C13H16N2O/c1-10(14-2)7-11-5-3-4-6-12(11)13-8-15-9-16-13/h3-6,8-10,14H,7H2,1-2H3. The molecule has 0 aliphatic heterocycles. The van der Waals surface area contributed by atoms with Crippen LogP contribution in [0.25, 0.3) is 11.3 Å². The summed E-state index contributed by atoms with van der Waals surface area (Å²) in [6.07, 6.45) is 4.20. The molecule has 1 unspecified atom stereocenters. The van der Waals surface area contributed by atoms with Crippen LogP contribution in [0, 0.1) is 0 Å². The van der Waals surface area contributed by atoms with Gasteiger partial charge in [-0.05, 0) is 26.0 Å². The van der Waals surface area contributed by atoms with Gasteiger partial charge in [-0.15, -0.1) is 0 Å². The van der Waals surface area contributed by atoms with Gasteiger partial charge in [0.25, 0.3) is 0 Å². The van der Waals surface area contributed by atoms with Gasteiger partial charge >= 0.3 is 0 Å². The summed E-state index contributed by atoms with van der Waals surface area (Å²) >= 11 is 0. The first kappa shape index (κ1) is 10.9. The molecular weight excluding hydrogens is 200 g/mol. The Morgan fingerprint density at radius 1 is 1.38 bits per heavy atom. The van der Waals surface area contributed by atoms with Crippen molar-refractivity contribution in [3.8, 4) is 11.3 Å². The minimum atomic E-state index is 0.448. The van der Waals surface area contributed by atoms with Crippen molar-refractivity contribution in [1.82, 2.24) is 10.3 Å². The maximum Gasteiger partial charge on any atom is 0.181 e. The zero-order valence-corrected chi connectivity index (χ0v) is 9.60. The van der Waals surface area contributed by atoms with Crippen LogP contribution in [-0.2, 0) is 6.42 Å². The number of aromatic nitrogens is 1. The van der Waals surface area contributed by atoms with Crippen molar-refractivity contribution >= 4 is 0 Å². The third-order valence-electron chi connectivity index (χ3n) is 2.73. The number of benzene rings is 1. The lowest BCUT2D eigenvalue weighted by atomic mass is 10.00. The summed E-state index contributed by atoms with van der Waals surface area (Å²) in [4.78, 5) is 3.96. The molecule has 0 saturated heterocycles. The molecule has 1 aromatic heterocycles. The fourth-order valence-electron chi connectivity index (χ4n) is 1.72. The van der Waals surface area contributed by atoms with E-state index in [1.54, 1.807) is 6.20 Å². The minimum absolute atomic E-state index is 0.448. The summed E-state index contributed by atoms with van der Waals surface area (Å²) < 4.78 is 5.34. The second-order valence-corrected chi connectivity index (χ2v) is 3.92. The van der Waals surface area contributed by atoms with Crippen molar-refractivity contribution in [3.05, 3.63) is 42.4 Å². The Kier molecular flexibility index (Phi) is 3.37. The molecule has 0 aliphatic rings. The second kappa shape index (κ2) is 4.94. The van der Waals surface area contributed by atoms with Gasteiger partial charge in [0.05, 0.1) is 6.20 Å². The number of hydrogen-bond donors (Lipinski definition) is 1. The molecule has 84 valence electrons. The molecule has 1 N–H and O–H groups in total. The van der Waals surface area contributed by atoms with Gasteiger partial charge in [-0.25, -0.2) is 4.98 Å². The molecule has 0 spiro atoms. The topological polar surface area (TPSA) is 38.1 Å². The van der Waals surface area contributed by atoms with E-state index in [0.717, 1.165) is 17.7 Å². The van der Waals surface area contributed by atoms with Gasteiger partial charge in [0, 0.05) is 11.6 Å². The Morgan fingerprint density at radius 3 is 2.88 bits per heavy atom. The van der Waals surface area contributed by atoms with E-state index >= 15 is 0 Å². The molecule has 2 aromatic rings. The van der Waals surface area contributed by atoms with E-state index in [1.807, 2.05) is 13.1 Å². The van der Waals surface area contributed by atoms with E-state index in [4.69, 9.17) is 4.42 Å². The number of rotatable bonds is 4. The van der Waals surface area contributed by atoms with Crippen LogP contribution in [0.2, 0.25) is 0 Å². The normalized spacial score (nSPS) is 12.6. The van der Waals surface area contributed by atoms with Crippen LogP contribution in [0.4, 0.5) is 0 Å². The first-order valence-corrected chi connectivity index (χ1v) is 5.45. The van der Waals surface area contributed by atoms with Crippen molar-refractivity contribution in [3.63, 3.8) is 0 Å². The molecule has 1 heterocycles. The summed E-state index contributed by atoms with van der Waals surface area (Å²) in [6, 6.07) is 8.72. The van der Waals surface area contributed by atoms with E-state index in [-0.39, 0.29) is 0 Å². The van der Waals surface area contributed by atoms with Gasteiger partial charge in [-0.2, -0.15) is 0 Å². The molecule has 0 bridgehead atoms. The largest absolute Gasteiger partial charge is 0.444 e. The van der Waals surface area contributed by atoms with Crippen LogP contribution in [-0.4, -0.2) is 18.1 Å². The number of oxazole rings is 1. The van der Waals surface area contributed by atoms with E-state index in [1.165, 1.54) is 12.0 Å². The third-order valence-corrected chi connectivity index (χ3v) is 2.73. The highest BCUT2D eigenvalue weighted by atomic mass is 16.3. The molecule has 0 aliphatic carbocycles. The smallest absolute Gasteiger partial charge is 0.181 e. The molecule has 1 atom stereocenters. The van der Waals surface area contributed by atoms with Crippen LogP contribution in [0.3, 0.4) is 0 Å². The van der Waals surface area contributed by atoms with Gasteiger partial charge in [-0.1, -0.05) is 24.3 Å².